The summed E-state index contributed by atoms with van der Waals surface area (Å²) >= 11 is 6.63. The van der Waals surface area contributed by atoms with Gasteiger partial charge in [0.2, 0.25) is 0 Å². The minimum absolute atomic E-state index is 0.266. The number of amides is 1. The van der Waals surface area contributed by atoms with Gasteiger partial charge in [-0.25, -0.2) is 0 Å². The molecule has 2 heterocycles. The Morgan fingerprint density at radius 1 is 1.10 bits per heavy atom. The first-order chi connectivity index (χ1) is 15.0. The smallest absolute Gasteiger partial charge is 0.265 e. The molecule has 160 valence electrons. The van der Waals surface area contributed by atoms with Gasteiger partial charge in [0.25, 0.3) is 11.5 Å². The van der Waals surface area contributed by atoms with E-state index in [2.05, 4.69) is 10.3 Å². The minimum Gasteiger partial charge on any atom is -0.496 e. The summed E-state index contributed by atoms with van der Waals surface area (Å²) < 4.78 is 18.1. The molecule has 0 aliphatic rings. The third-order valence-electron chi connectivity index (χ3n) is 4.87. The molecule has 0 radical (unpaired) electrons. The van der Waals surface area contributed by atoms with Crippen LogP contribution in [0.5, 0.6) is 17.2 Å². The maximum atomic E-state index is 12.9. The number of hydrogen-bond donors (Lipinski definition) is 2. The predicted molar refractivity (Wildman–Crippen MR) is 122 cm³/mol. The van der Waals surface area contributed by atoms with E-state index in [0.29, 0.717) is 42.6 Å². The number of aromatic amines is 1. The van der Waals surface area contributed by atoms with Gasteiger partial charge >= 0.3 is 0 Å². The molecule has 2 N–H and O–H groups in total. The molecule has 2 aromatic heterocycles. The number of ether oxygens (including phenoxy) is 3. The normalized spacial score (nSPS) is 10.9. The Hall–Kier alpha value is -3.37. The van der Waals surface area contributed by atoms with Crippen LogP contribution >= 0.6 is 23.6 Å². The van der Waals surface area contributed by atoms with Gasteiger partial charge in [0, 0.05) is 18.2 Å². The number of methoxy groups -OCH3 is 3. The lowest BCUT2D eigenvalue weighted by atomic mass is 10.2. The van der Waals surface area contributed by atoms with Crippen LogP contribution in [-0.2, 0) is 6.54 Å². The van der Waals surface area contributed by atoms with Crippen LogP contribution in [0.2, 0.25) is 0 Å². The zero-order chi connectivity index (χ0) is 22.1. The monoisotopic (exact) mass is 457 g/mol. The number of nitrogens with one attached hydrogen (secondary N) is 2. The highest BCUT2D eigenvalue weighted by molar-refractivity contribution is 7.73. The van der Waals surface area contributed by atoms with Gasteiger partial charge in [-0.2, -0.15) is 0 Å². The van der Waals surface area contributed by atoms with Crippen molar-refractivity contribution < 1.29 is 19.0 Å². The lowest BCUT2D eigenvalue weighted by Gasteiger charge is -2.11. The topological polar surface area (TPSA) is 94.1 Å². The molecule has 0 atom stereocenters. The number of H-pyrrole nitrogens is 1. The maximum absolute atomic E-state index is 12.9. The van der Waals surface area contributed by atoms with E-state index in [1.54, 1.807) is 23.6 Å². The van der Waals surface area contributed by atoms with Crippen LogP contribution in [-0.4, -0.2) is 36.6 Å². The second-order valence-corrected chi connectivity index (χ2v) is 8.20. The summed E-state index contributed by atoms with van der Waals surface area (Å²) in [6.07, 6.45) is 0. The van der Waals surface area contributed by atoms with Gasteiger partial charge in [-0.3, -0.25) is 14.0 Å². The quantitative estimate of drug-likeness (QED) is 0.430. The zero-order valence-electron chi connectivity index (χ0n) is 17.0. The van der Waals surface area contributed by atoms with Crippen molar-refractivity contribution in [2.75, 3.05) is 21.3 Å². The van der Waals surface area contributed by atoms with Gasteiger partial charge in [0.15, 0.2) is 15.5 Å². The molecule has 4 aromatic rings. The van der Waals surface area contributed by atoms with Crippen molar-refractivity contribution >= 4 is 46.0 Å². The Balaban J connectivity index is 1.80. The van der Waals surface area contributed by atoms with Crippen molar-refractivity contribution in [3.05, 3.63) is 61.1 Å². The van der Waals surface area contributed by atoms with Crippen LogP contribution in [0.3, 0.4) is 0 Å². The van der Waals surface area contributed by atoms with Crippen LogP contribution in [0, 0.1) is 3.95 Å². The summed E-state index contributed by atoms with van der Waals surface area (Å²) in [6.45, 7) is 0.266. The Bertz CT molecular complexity index is 1420. The van der Waals surface area contributed by atoms with Crippen molar-refractivity contribution in [1.82, 2.24) is 14.7 Å². The average molecular weight is 458 g/mol. The largest absolute Gasteiger partial charge is 0.496 e. The molecule has 0 aliphatic heterocycles. The lowest BCUT2D eigenvalue weighted by molar-refractivity contribution is 0.0956. The third kappa shape index (κ3) is 3.64. The summed E-state index contributed by atoms with van der Waals surface area (Å²) in [5.41, 5.74) is 1.34. The zero-order valence-corrected chi connectivity index (χ0v) is 18.6. The van der Waals surface area contributed by atoms with Crippen molar-refractivity contribution in [1.29, 1.82) is 0 Å². The van der Waals surface area contributed by atoms with Gasteiger partial charge in [-0.1, -0.05) is 29.5 Å². The summed E-state index contributed by atoms with van der Waals surface area (Å²) in [4.78, 5) is 28.8. The van der Waals surface area contributed by atoms with Gasteiger partial charge in [-0.15, -0.1) is 0 Å². The van der Waals surface area contributed by atoms with Crippen molar-refractivity contribution in [3.8, 4) is 17.2 Å². The summed E-state index contributed by atoms with van der Waals surface area (Å²) in [7, 11) is 4.58. The van der Waals surface area contributed by atoms with E-state index in [1.807, 2.05) is 24.3 Å². The third-order valence-corrected chi connectivity index (χ3v) is 6.24. The molecule has 31 heavy (non-hydrogen) atoms. The highest BCUT2D eigenvalue weighted by Crippen LogP contribution is 2.32. The predicted octanol–water partition coefficient (Wildman–Crippen LogP) is 3.53. The number of para-hydroxylation sites is 1. The lowest BCUT2D eigenvalue weighted by Crippen LogP contribution is -2.23. The molecule has 0 saturated heterocycles. The molecule has 0 bridgehead atoms. The Morgan fingerprint density at radius 3 is 2.48 bits per heavy atom. The van der Waals surface area contributed by atoms with E-state index in [0.717, 1.165) is 16.9 Å². The van der Waals surface area contributed by atoms with Gasteiger partial charge in [0.05, 0.1) is 32.2 Å². The van der Waals surface area contributed by atoms with Gasteiger partial charge < -0.3 is 24.5 Å². The van der Waals surface area contributed by atoms with E-state index in [9.17, 15) is 9.59 Å². The molecule has 0 saturated carbocycles. The highest BCUT2D eigenvalue weighted by atomic mass is 32.1. The number of hydrogen-bond acceptors (Lipinski definition) is 7. The Kier molecular flexibility index (Phi) is 5.66. The number of carbonyl (C=O) groups excluding carboxylic acids is 1. The molecule has 0 fully saturated rings. The van der Waals surface area contributed by atoms with Crippen LogP contribution < -0.4 is 25.1 Å². The first-order valence-electron chi connectivity index (χ1n) is 9.22. The number of thiazole rings is 1. The van der Waals surface area contributed by atoms with Crippen LogP contribution in [0.1, 0.15) is 15.2 Å². The van der Waals surface area contributed by atoms with Crippen LogP contribution in [0.4, 0.5) is 0 Å². The SMILES string of the molecule is COc1ccccc1CNC(=O)c1sc(=S)n2c1[nH]c(=O)c1cc(OC)c(OC)cc12. The minimum atomic E-state index is -0.359. The maximum Gasteiger partial charge on any atom is 0.265 e. The fourth-order valence-corrected chi connectivity index (χ4v) is 4.67. The second kappa shape index (κ2) is 8.40. The van der Waals surface area contributed by atoms with E-state index >= 15 is 0 Å². The van der Waals surface area contributed by atoms with Crippen LogP contribution in [0.25, 0.3) is 16.6 Å². The number of rotatable bonds is 6. The molecule has 0 unspecified atom stereocenters. The first-order valence-corrected chi connectivity index (χ1v) is 10.4. The van der Waals surface area contributed by atoms with E-state index in [4.69, 9.17) is 26.4 Å². The number of carbonyl (C=O) groups is 1. The van der Waals surface area contributed by atoms with Gasteiger partial charge in [-0.05, 0) is 24.4 Å². The highest BCUT2D eigenvalue weighted by Gasteiger charge is 2.20. The second-order valence-electron chi connectivity index (χ2n) is 6.55. The number of nitrogens with zero attached hydrogens (tertiary/aromatic N) is 1. The fourth-order valence-electron chi connectivity index (χ4n) is 3.37. The summed E-state index contributed by atoms with van der Waals surface area (Å²) in [5.74, 6) is 1.21. The molecule has 1 amide bonds. The molecule has 0 aliphatic carbocycles. The molecular weight excluding hydrogens is 438 g/mol. The Labute approximate surface area is 186 Å². The molecule has 10 heteroatoms. The standard InChI is InChI=1S/C21H19N3O5S2/c1-27-14-7-5-4-6-11(14)10-22-20(26)17-18-23-19(25)12-8-15(28-2)16(29-3)9-13(12)24(18)21(30)31-17/h4-9H,10H2,1-3H3,(H,22,26)(H,23,25). The molecular formula is C21H19N3O5S2. The summed E-state index contributed by atoms with van der Waals surface area (Å²) in [5, 5.41) is 3.24. The molecule has 0 spiro atoms. The van der Waals surface area contributed by atoms with E-state index in [-0.39, 0.29) is 18.0 Å². The van der Waals surface area contributed by atoms with Crippen molar-refractivity contribution in [2.45, 2.75) is 6.54 Å². The molecule has 2 aromatic carbocycles. The molecule has 8 nitrogen and oxygen atoms in total. The number of fused-ring (bicyclic) bond motifs is 3. The summed E-state index contributed by atoms with van der Waals surface area (Å²) in [6, 6.07) is 10.7. The number of aromatic nitrogens is 2. The number of benzene rings is 2. The van der Waals surface area contributed by atoms with Crippen molar-refractivity contribution in [2.24, 2.45) is 0 Å². The Morgan fingerprint density at radius 2 is 1.77 bits per heavy atom. The molecule has 4 rings (SSSR count). The van der Waals surface area contributed by atoms with E-state index in [1.165, 1.54) is 14.2 Å². The van der Waals surface area contributed by atoms with E-state index < -0.39 is 0 Å². The average Bonchev–Trinajstić information content (AvgIpc) is 3.12. The van der Waals surface area contributed by atoms with Crippen LogP contribution in [0.15, 0.2) is 41.2 Å². The van der Waals surface area contributed by atoms with Gasteiger partial charge in [0.1, 0.15) is 16.3 Å². The van der Waals surface area contributed by atoms with Crippen molar-refractivity contribution in [3.63, 3.8) is 0 Å². The first kappa shape index (κ1) is 20.9. The fraction of sp³-hybridized carbons (Fsp3) is 0.190.